The van der Waals surface area contributed by atoms with Gasteiger partial charge in [-0.1, -0.05) is 60.1 Å². The average Bonchev–Trinajstić information content (AvgIpc) is 2.60. The van der Waals surface area contributed by atoms with Crippen molar-refractivity contribution in [3.05, 3.63) is 77.3 Å². The van der Waals surface area contributed by atoms with Crippen LogP contribution in [0.25, 0.3) is 10.8 Å². The molecular formula is C19H16ClN3OS. The topological polar surface area (TPSA) is 53.2 Å². The molecule has 0 aliphatic carbocycles. The second-order valence-electron chi connectivity index (χ2n) is 5.45. The van der Waals surface area contributed by atoms with Crippen LogP contribution >= 0.6 is 23.8 Å². The van der Waals surface area contributed by atoms with Crippen LogP contribution in [-0.4, -0.2) is 11.0 Å². The van der Waals surface area contributed by atoms with E-state index in [9.17, 15) is 4.79 Å². The standard InChI is InChI=1S/C19H16ClN3OS/c20-15-8-4-9-16(12-15)21-19(25)23-22-18(24)11-14-7-3-6-13-5-1-2-10-17(13)14/h1-10,12H,11H2,(H,22,24)(H2,21,23,25). The molecule has 0 heterocycles. The van der Waals surface area contributed by atoms with Crippen molar-refractivity contribution in [1.82, 2.24) is 10.9 Å². The quantitative estimate of drug-likeness (QED) is 0.481. The maximum atomic E-state index is 12.2. The van der Waals surface area contributed by atoms with E-state index in [0.29, 0.717) is 5.02 Å². The fraction of sp³-hybridized carbons (Fsp3) is 0.0526. The highest BCUT2D eigenvalue weighted by Crippen LogP contribution is 2.18. The minimum Gasteiger partial charge on any atom is -0.331 e. The lowest BCUT2D eigenvalue weighted by atomic mass is 10.0. The van der Waals surface area contributed by atoms with Crippen LogP contribution < -0.4 is 16.2 Å². The van der Waals surface area contributed by atoms with Gasteiger partial charge in [-0.2, -0.15) is 0 Å². The lowest BCUT2D eigenvalue weighted by molar-refractivity contribution is -0.120. The van der Waals surface area contributed by atoms with Gasteiger partial charge in [0.25, 0.3) is 0 Å². The van der Waals surface area contributed by atoms with Gasteiger partial charge in [-0.15, -0.1) is 0 Å². The number of carbonyl (C=O) groups is 1. The van der Waals surface area contributed by atoms with Crippen molar-refractivity contribution in [2.45, 2.75) is 6.42 Å². The maximum Gasteiger partial charge on any atom is 0.242 e. The molecule has 0 radical (unpaired) electrons. The molecule has 0 saturated carbocycles. The van der Waals surface area contributed by atoms with Gasteiger partial charge in [0.1, 0.15) is 0 Å². The summed E-state index contributed by atoms with van der Waals surface area (Å²) in [5.74, 6) is -0.174. The van der Waals surface area contributed by atoms with Crippen LogP contribution in [0, 0.1) is 0 Å². The Kier molecular flexibility index (Phi) is 5.48. The minimum absolute atomic E-state index is 0.174. The number of benzene rings is 3. The van der Waals surface area contributed by atoms with E-state index < -0.39 is 0 Å². The lowest BCUT2D eigenvalue weighted by Crippen LogP contribution is -2.44. The highest BCUT2D eigenvalue weighted by Gasteiger charge is 2.07. The molecule has 0 atom stereocenters. The first-order valence-electron chi connectivity index (χ1n) is 7.70. The summed E-state index contributed by atoms with van der Waals surface area (Å²) in [6, 6.07) is 21.1. The van der Waals surface area contributed by atoms with E-state index in [4.69, 9.17) is 23.8 Å². The predicted octanol–water partition coefficient (Wildman–Crippen LogP) is 4.05. The third-order valence-electron chi connectivity index (χ3n) is 3.63. The van der Waals surface area contributed by atoms with Crippen molar-refractivity contribution in [1.29, 1.82) is 0 Å². The van der Waals surface area contributed by atoms with Crippen LogP contribution in [0.2, 0.25) is 5.02 Å². The summed E-state index contributed by atoms with van der Waals surface area (Å²) in [5, 5.41) is 6.02. The van der Waals surface area contributed by atoms with E-state index in [1.807, 2.05) is 54.6 Å². The molecule has 25 heavy (non-hydrogen) atoms. The Bertz CT molecular complexity index is 924. The number of hydrogen-bond donors (Lipinski definition) is 3. The SMILES string of the molecule is O=C(Cc1cccc2ccccc12)NNC(=S)Nc1cccc(Cl)c1. The van der Waals surface area contributed by atoms with Crippen LogP contribution in [-0.2, 0) is 11.2 Å². The third-order valence-corrected chi connectivity index (χ3v) is 4.07. The molecule has 4 nitrogen and oxygen atoms in total. The first-order valence-corrected chi connectivity index (χ1v) is 8.48. The molecule has 126 valence electrons. The lowest BCUT2D eigenvalue weighted by Gasteiger charge is -2.12. The Morgan fingerprint density at radius 2 is 1.72 bits per heavy atom. The first kappa shape index (κ1) is 17.2. The highest BCUT2D eigenvalue weighted by atomic mass is 35.5. The number of halogens is 1. The van der Waals surface area contributed by atoms with Crippen LogP contribution in [0.1, 0.15) is 5.56 Å². The smallest absolute Gasteiger partial charge is 0.242 e. The Hall–Kier alpha value is -2.63. The van der Waals surface area contributed by atoms with Crippen LogP contribution in [0.5, 0.6) is 0 Å². The Labute approximate surface area is 156 Å². The number of nitrogens with one attached hydrogen (secondary N) is 3. The first-order chi connectivity index (χ1) is 12.1. The normalized spacial score (nSPS) is 10.3. The summed E-state index contributed by atoms with van der Waals surface area (Å²) in [7, 11) is 0. The largest absolute Gasteiger partial charge is 0.331 e. The Balaban J connectivity index is 1.56. The van der Waals surface area contributed by atoms with Gasteiger partial charge < -0.3 is 5.32 Å². The molecule has 3 aromatic rings. The van der Waals surface area contributed by atoms with Gasteiger partial charge >= 0.3 is 0 Å². The zero-order valence-electron chi connectivity index (χ0n) is 13.3. The highest BCUT2D eigenvalue weighted by molar-refractivity contribution is 7.80. The molecule has 0 fully saturated rings. The van der Waals surface area contributed by atoms with Crippen molar-refractivity contribution < 1.29 is 4.79 Å². The van der Waals surface area contributed by atoms with Gasteiger partial charge in [0.2, 0.25) is 5.91 Å². The zero-order chi connectivity index (χ0) is 17.6. The number of carbonyl (C=O) groups excluding carboxylic acids is 1. The van der Waals surface area contributed by atoms with Crippen molar-refractivity contribution in [3.8, 4) is 0 Å². The van der Waals surface area contributed by atoms with Gasteiger partial charge in [0.05, 0.1) is 6.42 Å². The van der Waals surface area contributed by atoms with Crippen molar-refractivity contribution >= 4 is 51.3 Å². The van der Waals surface area contributed by atoms with Crippen molar-refractivity contribution in [3.63, 3.8) is 0 Å². The van der Waals surface area contributed by atoms with Gasteiger partial charge in [0.15, 0.2) is 5.11 Å². The number of rotatable bonds is 3. The van der Waals surface area contributed by atoms with Gasteiger partial charge in [0, 0.05) is 10.7 Å². The zero-order valence-corrected chi connectivity index (χ0v) is 14.8. The summed E-state index contributed by atoms with van der Waals surface area (Å²) in [5.41, 5.74) is 7.01. The summed E-state index contributed by atoms with van der Waals surface area (Å²) in [4.78, 5) is 12.2. The Morgan fingerprint density at radius 1 is 0.960 bits per heavy atom. The van der Waals surface area contributed by atoms with E-state index in [1.54, 1.807) is 12.1 Å². The molecule has 0 aliphatic heterocycles. The number of fused-ring (bicyclic) bond motifs is 1. The maximum absolute atomic E-state index is 12.2. The molecule has 3 N–H and O–H groups in total. The van der Waals surface area contributed by atoms with E-state index in [2.05, 4.69) is 16.2 Å². The number of anilines is 1. The molecule has 0 unspecified atom stereocenters. The number of amides is 1. The van der Waals surface area contributed by atoms with Crippen LogP contribution in [0.4, 0.5) is 5.69 Å². The fourth-order valence-electron chi connectivity index (χ4n) is 2.52. The van der Waals surface area contributed by atoms with E-state index in [1.165, 1.54) is 0 Å². The van der Waals surface area contributed by atoms with Gasteiger partial charge in [-0.05, 0) is 46.8 Å². The summed E-state index contributed by atoms with van der Waals surface area (Å²) in [6.45, 7) is 0. The molecule has 3 rings (SSSR count). The van der Waals surface area contributed by atoms with E-state index in [0.717, 1.165) is 22.0 Å². The molecule has 0 saturated heterocycles. The van der Waals surface area contributed by atoms with Crippen LogP contribution in [0.3, 0.4) is 0 Å². The number of hydrazine groups is 1. The van der Waals surface area contributed by atoms with Crippen molar-refractivity contribution in [2.75, 3.05) is 5.32 Å². The third kappa shape index (κ3) is 4.68. The average molecular weight is 370 g/mol. The molecule has 1 amide bonds. The van der Waals surface area contributed by atoms with Crippen molar-refractivity contribution in [2.24, 2.45) is 0 Å². The molecule has 3 aromatic carbocycles. The fourth-order valence-corrected chi connectivity index (χ4v) is 2.88. The predicted molar refractivity (Wildman–Crippen MR) is 107 cm³/mol. The van der Waals surface area contributed by atoms with Gasteiger partial charge in [-0.25, -0.2) is 0 Å². The van der Waals surface area contributed by atoms with E-state index >= 15 is 0 Å². The van der Waals surface area contributed by atoms with Gasteiger partial charge in [-0.3, -0.25) is 15.6 Å². The molecular weight excluding hydrogens is 354 g/mol. The molecule has 6 heteroatoms. The molecule has 0 aromatic heterocycles. The molecule has 0 bridgehead atoms. The summed E-state index contributed by atoms with van der Waals surface area (Å²) in [6.07, 6.45) is 0.258. The molecule has 0 spiro atoms. The number of thiocarbonyl (C=S) groups is 1. The second kappa shape index (κ2) is 7.96. The Morgan fingerprint density at radius 3 is 2.56 bits per heavy atom. The summed E-state index contributed by atoms with van der Waals surface area (Å²) < 4.78 is 0. The minimum atomic E-state index is -0.174. The van der Waals surface area contributed by atoms with Crippen LogP contribution in [0.15, 0.2) is 66.7 Å². The monoisotopic (exact) mass is 369 g/mol. The second-order valence-corrected chi connectivity index (χ2v) is 6.30. The summed E-state index contributed by atoms with van der Waals surface area (Å²) >= 11 is 11.1. The number of hydrogen-bond acceptors (Lipinski definition) is 2. The molecule has 0 aliphatic rings. The van der Waals surface area contributed by atoms with E-state index in [-0.39, 0.29) is 17.4 Å².